The summed E-state index contributed by atoms with van der Waals surface area (Å²) in [5, 5.41) is 12.6. The van der Waals surface area contributed by atoms with Crippen LogP contribution in [0.15, 0.2) is 70.5 Å². The van der Waals surface area contributed by atoms with Gasteiger partial charge in [0.15, 0.2) is 10.8 Å². The Bertz CT molecular complexity index is 1200. The summed E-state index contributed by atoms with van der Waals surface area (Å²) in [7, 11) is 1.51. The predicted molar refractivity (Wildman–Crippen MR) is 111 cm³/mol. The summed E-state index contributed by atoms with van der Waals surface area (Å²) in [5.74, 6) is -0.429. The molecule has 7 nitrogen and oxygen atoms in total. The molecular weight excluding hydrogens is 404 g/mol. The molecule has 2 aliphatic heterocycles. The number of nitro groups is 1. The Labute approximate surface area is 176 Å². The van der Waals surface area contributed by atoms with E-state index < -0.39 is 10.8 Å². The first-order valence-electron chi connectivity index (χ1n) is 9.38. The van der Waals surface area contributed by atoms with E-state index in [1.807, 2.05) is 0 Å². The van der Waals surface area contributed by atoms with Crippen LogP contribution in [0.1, 0.15) is 32.2 Å². The first-order valence-corrected chi connectivity index (χ1v) is 10.4. The van der Waals surface area contributed by atoms with Gasteiger partial charge in [0.1, 0.15) is 11.7 Å². The second kappa shape index (κ2) is 6.84. The first-order chi connectivity index (χ1) is 14.5. The second-order valence-electron chi connectivity index (χ2n) is 7.12. The fraction of sp³-hybridized carbons (Fsp3) is 0.182. The van der Waals surface area contributed by atoms with Crippen LogP contribution in [0.3, 0.4) is 0 Å². The molecule has 0 N–H and O–H groups in total. The number of Topliss-reactive ketones (excluding diaryl/α,β-unsaturated/α-hetero) is 2. The van der Waals surface area contributed by atoms with E-state index in [0.717, 1.165) is 0 Å². The standard InChI is InChI=1S/C22H16N2O5S/c1-29-13-6-4-5-12(11-13)16-17-18(23-9-10-30-22(23)19(16)24(27)28)21(26)15-8-3-2-7-14(15)20(17)25/h2-8,11,16H,9-10H2,1H3. The molecule has 3 aliphatic rings. The van der Waals surface area contributed by atoms with Crippen LogP contribution >= 0.6 is 11.8 Å². The molecule has 2 heterocycles. The van der Waals surface area contributed by atoms with Gasteiger partial charge in [0.05, 0.1) is 17.7 Å². The van der Waals surface area contributed by atoms with Crippen molar-refractivity contribution in [2.45, 2.75) is 5.92 Å². The molecule has 2 aromatic rings. The Balaban J connectivity index is 1.82. The maximum Gasteiger partial charge on any atom is 0.288 e. The smallest absolute Gasteiger partial charge is 0.288 e. The van der Waals surface area contributed by atoms with E-state index in [2.05, 4.69) is 0 Å². The van der Waals surface area contributed by atoms with E-state index in [-0.39, 0.29) is 34.1 Å². The van der Waals surface area contributed by atoms with Crippen molar-refractivity contribution < 1.29 is 19.2 Å². The maximum atomic E-state index is 13.6. The topological polar surface area (TPSA) is 89.8 Å². The molecule has 30 heavy (non-hydrogen) atoms. The highest BCUT2D eigenvalue weighted by Crippen LogP contribution is 2.51. The number of hydrogen-bond donors (Lipinski definition) is 0. The summed E-state index contributed by atoms with van der Waals surface area (Å²) in [6.45, 7) is 0.447. The first kappa shape index (κ1) is 18.6. The lowest BCUT2D eigenvalue weighted by molar-refractivity contribution is -0.430. The minimum absolute atomic E-state index is 0.0648. The Kier molecular flexibility index (Phi) is 4.25. The lowest BCUT2D eigenvalue weighted by Gasteiger charge is -2.35. The minimum Gasteiger partial charge on any atom is -0.497 e. The van der Waals surface area contributed by atoms with E-state index in [1.165, 1.54) is 18.9 Å². The monoisotopic (exact) mass is 420 g/mol. The highest BCUT2D eigenvalue weighted by molar-refractivity contribution is 8.03. The third-order valence-corrected chi connectivity index (χ3v) is 6.69. The average molecular weight is 420 g/mol. The van der Waals surface area contributed by atoms with Crippen LogP contribution in [0.25, 0.3) is 0 Å². The third-order valence-electron chi connectivity index (χ3n) is 5.60. The van der Waals surface area contributed by atoms with Gasteiger partial charge in [0.25, 0.3) is 5.70 Å². The molecule has 2 aromatic carbocycles. The fourth-order valence-electron chi connectivity index (χ4n) is 4.35. The summed E-state index contributed by atoms with van der Waals surface area (Å²) in [6.07, 6.45) is 0. The van der Waals surface area contributed by atoms with Gasteiger partial charge in [-0.2, -0.15) is 0 Å². The van der Waals surface area contributed by atoms with Gasteiger partial charge in [0, 0.05) is 29.0 Å². The molecule has 0 amide bonds. The molecule has 0 spiro atoms. The lowest BCUT2D eigenvalue weighted by Crippen LogP contribution is -2.39. The number of carbonyl (C=O) groups excluding carboxylic acids is 2. The zero-order valence-electron chi connectivity index (χ0n) is 16.0. The molecule has 0 bridgehead atoms. The van der Waals surface area contributed by atoms with Crippen molar-refractivity contribution in [1.29, 1.82) is 0 Å². The minimum atomic E-state index is -0.952. The molecule has 0 radical (unpaired) electrons. The SMILES string of the molecule is COc1cccc(C2C3=C(C(=O)c4ccccc4C3=O)N3CCSC3=C2[N+](=O)[O-])c1. The van der Waals surface area contributed by atoms with E-state index in [9.17, 15) is 19.7 Å². The van der Waals surface area contributed by atoms with E-state index in [0.29, 0.717) is 34.2 Å². The number of benzene rings is 2. The van der Waals surface area contributed by atoms with Crippen LogP contribution in [-0.2, 0) is 0 Å². The quantitative estimate of drug-likeness (QED) is 0.553. The summed E-state index contributed by atoms with van der Waals surface area (Å²) < 4.78 is 5.30. The molecular formula is C22H16N2O5S. The number of nitrogens with zero attached hydrogens (tertiary/aromatic N) is 2. The normalized spacial score (nSPS) is 20.2. The number of thioether (sulfide) groups is 1. The van der Waals surface area contributed by atoms with Crippen molar-refractivity contribution in [1.82, 2.24) is 4.90 Å². The summed E-state index contributed by atoms with van der Waals surface area (Å²) in [4.78, 5) is 40.4. The largest absolute Gasteiger partial charge is 0.497 e. The van der Waals surface area contributed by atoms with Crippen LogP contribution in [0.5, 0.6) is 5.75 Å². The molecule has 1 atom stereocenters. The predicted octanol–water partition coefficient (Wildman–Crippen LogP) is 3.62. The van der Waals surface area contributed by atoms with Gasteiger partial charge in [-0.15, -0.1) is 0 Å². The number of hydrogen-bond acceptors (Lipinski definition) is 7. The Hall–Kier alpha value is -3.39. The Morgan fingerprint density at radius 3 is 2.53 bits per heavy atom. The number of allylic oxidation sites excluding steroid dienone is 2. The molecule has 1 unspecified atom stereocenters. The molecule has 0 aromatic heterocycles. The second-order valence-corrected chi connectivity index (χ2v) is 8.21. The molecule has 5 rings (SSSR count). The summed E-state index contributed by atoms with van der Waals surface area (Å²) >= 11 is 1.35. The van der Waals surface area contributed by atoms with Gasteiger partial charge in [-0.25, -0.2) is 0 Å². The number of fused-ring (bicyclic) bond motifs is 3. The average Bonchev–Trinajstić information content (AvgIpc) is 3.25. The van der Waals surface area contributed by atoms with Crippen LogP contribution in [0.2, 0.25) is 0 Å². The van der Waals surface area contributed by atoms with Gasteiger partial charge < -0.3 is 9.64 Å². The summed E-state index contributed by atoms with van der Waals surface area (Å²) in [5.41, 5.74) is 1.54. The number of carbonyl (C=O) groups is 2. The Morgan fingerprint density at radius 2 is 1.83 bits per heavy atom. The Morgan fingerprint density at radius 1 is 1.10 bits per heavy atom. The summed E-state index contributed by atoms with van der Waals surface area (Å²) in [6, 6.07) is 13.5. The highest BCUT2D eigenvalue weighted by atomic mass is 32.2. The van der Waals surface area contributed by atoms with Gasteiger partial charge in [-0.05, 0) is 17.7 Å². The van der Waals surface area contributed by atoms with Crippen molar-refractivity contribution >= 4 is 23.3 Å². The van der Waals surface area contributed by atoms with Crippen molar-refractivity contribution in [3.63, 3.8) is 0 Å². The molecule has 0 saturated carbocycles. The molecule has 150 valence electrons. The van der Waals surface area contributed by atoms with Gasteiger partial charge >= 0.3 is 0 Å². The highest BCUT2D eigenvalue weighted by Gasteiger charge is 2.51. The molecule has 1 saturated heterocycles. The van der Waals surface area contributed by atoms with Gasteiger partial charge in [-0.3, -0.25) is 19.7 Å². The van der Waals surface area contributed by atoms with Crippen LogP contribution in [-0.4, -0.2) is 40.8 Å². The van der Waals surface area contributed by atoms with Crippen LogP contribution in [0, 0.1) is 10.1 Å². The fourth-order valence-corrected chi connectivity index (χ4v) is 5.49. The van der Waals surface area contributed by atoms with Gasteiger partial charge in [0.2, 0.25) is 5.78 Å². The maximum absolute atomic E-state index is 13.6. The van der Waals surface area contributed by atoms with Crippen LogP contribution in [0.4, 0.5) is 0 Å². The van der Waals surface area contributed by atoms with E-state index in [1.54, 1.807) is 53.4 Å². The number of rotatable bonds is 3. The molecule has 8 heteroatoms. The van der Waals surface area contributed by atoms with E-state index >= 15 is 0 Å². The third kappa shape index (κ3) is 2.53. The lowest BCUT2D eigenvalue weighted by atomic mass is 9.75. The van der Waals surface area contributed by atoms with Crippen molar-refractivity contribution in [3.8, 4) is 5.75 Å². The van der Waals surface area contributed by atoms with Crippen molar-refractivity contribution in [2.75, 3.05) is 19.4 Å². The van der Waals surface area contributed by atoms with Crippen LogP contribution < -0.4 is 4.74 Å². The number of ketones is 2. The zero-order chi connectivity index (χ0) is 21.0. The van der Waals surface area contributed by atoms with Crippen molar-refractivity contribution in [3.05, 3.63) is 97.3 Å². The van der Waals surface area contributed by atoms with Crippen molar-refractivity contribution in [2.24, 2.45) is 0 Å². The van der Waals surface area contributed by atoms with Gasteiger partial charge in [-0.1, -0.05) is 48.2 Å². The number of methoxy groups -OCH3 is 1. The molecule has 1 aliphatic carbocycles. The zero-order valence-corrected chi connectivity index (χ0v) is 16.8. The number of ether oxygens (including phenoxy) is 1. The van der Waals surface area contributed by atoms with E-state index in [4.69, 9.17) is 4.74 Å². The molecule has 1 fully saturated rings.